The minimum Gasteiger partial charge on any atom is -0.394 e. The number of aliphatic hydroxyl groups is 1. The molecule has 1 aliphatic rings. The molecule has 2 N–H and O–H groups in total. The summed E-state index contributed by atoms with van der Waals surface area (Å²) in [7, 11) is 0. The molecule has 1 atom stereocenters. The van der Waals surface area contributed by atoms with Gasteiger partial charge >= 0.3 is 6.03 Å². The van der Waals surface area contributed by atoms with Gasteiger partial charge in [-0.3, -0.25) is 0 Å². The second kappa shape index (κ2) is 5.35. The Labute approximate surface area is 105 Å². The number of nitrogens with zero attached hydrogens (tertiary/aromatic N) is 1. The molecule has 1 aromatic carbocycles. The zero-order valence-corrected chi connectivity index (χ0v) is 10.3. The molecule has 1 fully saturated rings. The van der Waals surface area contributed by atoms with Gasteiger partial charge in [0.05, 0.1) is 12.6 Å². The molecule has 1 saturated heterocycles. The average Bonchev–Trinajstić information content (AvgIpc) is 2.29. The fraction of sp³-hybridized carbons (Fsp3) is 0.462. The molecule has 0 aliphatic carbocycles. The Morgan fingerprint density at radius 1 is 1.50 bits per heavy atom. The Morgan fingerprint density at radius 3 is 2.67 bits per heavy atom. The summed E-state index contributed by atoms with van der Waals surface area (Å²) in [4.78, 5) is 13.4. The van der Waals surface area contributed by atoms with E-state index in [0.29, 0.717) is 13.1 Å². The van der Waals surface area contributed by atoms with Crippen molar-refractivity contribution in [3.63, 3.8) is 0 Å². The Morgan fingerprint density at radius 2 is 2.11 bits per heavy atom. The van der Waals surface area contributed by atoms with Gasteiger partial charge in [-0.05, 0) is 24.6 Å². The van der Waals surface area contributed by atoms with Gasteiger partial charge < -0.3 is 15.3 Å². The van der Waals surface area contributed by atoms with Crippen molar-refractivity contribution in [3.05, 3.63) is 35.6 Å². The number of halogens is 1. The highest BCUT2D eigenvalue weighted by Gasteiger charge is 2.31. The predicted octanol–water partition coefficient (Wildman–Crippen LogP) is 1.32. The third kappa shape index (κ3) is 2.79. The van der Waals surface area contributed by atoms with Crippen molar-refractivity contribution in [2.75, 3.05) is 19.7 Å². The highest BCUT2D eigenvalue weighted by molar-refractivity contribution is 5.75. The number of hydrogen-bond donors (Lipinski definition) is 2. The lowest BCUT2D eigenvalue weighted by atomic mass is 9.92. The minimum atomic E-state index is -0.246. The van der Waals surface area contributed by atoms with Crippen LogP contribution in [-0.4, -0.2) is 41.8 Å². The molecular formula is C13H17FN2O2. The summed E-state index contributed by atoms with van der Waals surface area (Å²) in [5.74, 6) is 0.0326. The molecule has 2 amide bonds. The Kier molecular flexibility index (Phi) is 3.81. The first-order valence-corrected chi connectivity index (χ1v) is 6.02. The van der Waals surface area contributed by atoms with Crippen LogP contribution in [0.25, 0.3) is 0 Å². The normalized spacial score (nSPS) is 17.2. The number of nitrogens with one attached hydrogen (secondary N) is 1. The number of rotatable bonds is 3. The molecule has 5 heteroatoms. The summed E-state index contributed by atoms with van der Waals surface area (Å²) in [5, 5.41) is 11.5. The van der Waals surface area contributed by atoms with Gasteiger partial charge in [-0.15, -0.1) is 0 Å². The Bertz CT molecular complexity index is 416. The van der Waals surface area contributed by atoms with Gasteiger partial charge in [0.1, 0.15) is 5.82 Å². The molecular weight excluding hydrogens is 235 g/mol. The molecule has 2 rings (SSSR count). The first-order chi connectivity index (χ1) is 8.60. The highest BCUT2D eigenvalue weighted by Crippen LogP contribution is 2.26. The quantitative estimate of drug-likeness (QED) is 0.852. The summed E-state index contributed by atoms with van der Waals surface area (Å²) < 4.78 is 12.8. The molecule has 98 valence electrons. The van der Waals surface area contributed by atoms with Crippen molar-refractivity contribution in [2.24, 2.45) is 0 Å². The van der Waals surface area contributed by atoms with E-state index >= 15 is 0 Å². The predicted molar refractivity (Wildman–Crippen MR) is 65.8 cm³/mol. The third-order valence-electron chi connectivity index (χ3n) is 3.15. The van der Waals surface area contributed by atoms with Crippen LogP contribution >= 0.6 is 0 Å². The molecule has 1 heterocycles. The van der Waals surface area contributed by atoms with Crippen LogP contribution in [0.2, 0.25) is 0 Å². The number of carbonyl (C=O) groups excluding carboxylic acids is 1. The van der Waals surface area contributed by atoms with Gasteiger partial charge in [-0.25, -0.2) is 9.18 Å². The van der Waals surface area contributed by atoms with Crippen molar-refractivity contribution >= 4 is 6.03 Å². The largest absolute Gasteiger partial charge is 0.394 e. The number of hydrogen-bond acceptors (Lipinski definition) is 2. The molecule has 4 nitrogen and oxygen atoms in total. The lowest BCUT2D eigenvalue weighted by Crippen LogP contribution is -2.54. The molecule has 0 unspecified atom stereocenters. The van der Waals surface area contributed by atoms with Gasteiger partial charge in [0, 0.05) is 19.0 Å². The fourth-order valence-corrected chi connectivity index (χ4v) is 1.94. The van der Waals surface area contributed by atoms with Gasteiger partial charge in [0.2, 0.25) is 0 Å². The van der Waals surface area contributed by atoms with Crippen LogP contribution in [-0.2, 0) is 0 Å². The second-order valence-corrected chi connectivity index (χ2v) is 4.69. The SMILES string of the molecule is C[C@@H](CO)NC(=O)N1CC(c2ccc(F)cc2)C1. The van der Waals surface area contributed by atoms with E-state index in [1.807, 2.05) is 0 Å². The third-order valence-corrected chi connectivity index (χ3v) is 3.15. The molecule has 1 aliphatic heterocycles. The number of urea groups is 1. The van der Waals surface area contributed by atoms with Crippen molar-refractivity contribution in [2.45, 2.75) is 18.9 Å². The van der Waals surface area contributed by atoms with E-state index in [4.69, 9.17) is 5.11 Å². The van der Waals surface area contributed by atoms with Crippen LogP contribution in [0.4, 0.5) is 9.18 Å². The number of benzene rings is 1. The lowest BCUT2D eigenvalue weighted by molar-refractivity contribution is 0.143. The highest BCUT2D eigenvalue weighted by atomic mass is 19.1. The van der Waals surface area contributed by atoms with Crippen LogP contribution in [0.1, 0.15) is 18.4 Å². The summed E-state index contributed by atoms with van der Waals surface area (Å²) >= 11 is 0. The van der Waals surface area contributed by atoms with Crippen molar-refractivity contribution in [3.8, 4) is 0 Å². The van der Waals surface area contributed by atoms with Gasteiger partial charge in [-0.2, -0.15) is 0 Å². The second-order valence-electron chi connectivity index (χ2n) is 4.69. The maximum Gasteiger partial charge on any atom is 0.317 e. The van der Waals surface area contributed by atoms with E-state index in [2.05, 4.69) is 5.32 Å². The van der Waals surface area contributed by atoms with Crippen molar-refractivity contribution in [1.82, 2.24) is 10.2 Å². The van der Waals surface area contributed by atoms with E-state index in [1.54, 1.807) is 24.0 Å². The molecule has 0 spiro atoms. The molecule has 0 saturated carbocycles. The monoisotopic (exact) mass is 252 g/mol. The summed E-state index contributed by atoms with van der Waals surface area (Å²) in [6, 6.07) is 5.99. The molecule has 0 bridgehead atoms. The molecule has 1 aromatic rings. The topological polar surface area (TPSA) is 52.6 Å². The Hall–Kier alpha value is -1.62. The Balaban J connectivity index is 1.83. The van der Waals surface area contributed by atoms with E-state index in [-0.39, 0.29) is 30.4 Å². The smallest absolute Gasteiger partial charge is 0.317 e. The van der Waals surface area contributed by atoms with Crippen LogP contribution < -0.4 is 5.32 Å². The summed E-state index contributed by atoms with van der Waals surface area (Å²) in [6.45, 7) is 2.95. The fourth-order valence-electron chi connectivity index (χ4n) is 1.94. The summed E-state index contributed by atoms with van der Waals surface area (Å²) in [5.41, 5.74) is 1.05. The number of aliphatic hydroxyl groups excluding tert-OH is 1. The van der Waals surface area contributed by atoms with Gasteiger partial charge in [-0.1, -0.05) is 12.1 Å². The van der Waals surface area contributed by atoms with Crippen LogP contribution in [0.15, 0.2) is 24.3 Å². The van der Waals surface area contributed by atoms with Gasteiger partial charge in [0.15, 0.2) is 0 Å². The first kappa shape index (κ1) is 12.8. The van der Waals surface area contributed by atoms with Gasteiger partial charge in [0.25, 0.3) is 0 Å². The van der Waals surface area contributed by atoms with E-state index in [1.165, 1.54) is 12.1 Å². The van der Waals surface area contributed by atoms with Crippen molar-refractivity contribution < 1.29 is 14.3 Å². The zero-order valence-electron chi connectivity index (χ0n) is 10.3. The average molecular weight is 252 g/mol. The molecule has 18 heavy (non-hydrogen) atoms. The van der Waals surface area contributed by atoms with E-state index in [9.17, 15) is 9.18 Å². The maximum atomic E-state index is 12.8. The zero-order chi connectivity index (χ0) is 13.1. The van der Waals surface area contributed by atoms with Crippen LogP contribution in [0.3, 0.4) is 0 Å². The first-order valence-electron chi connectivity index (χ1n) is 6.02. The maximum absolute atomic E-state index is 12.8. The lowest BCUT2D eigenvalue weighted by Gasteiger charge is -2.39. The van der Waals surface area contributed by atoms with Crippen LogP contribution in [0, 0.1) is 5.82 Å². The summed E-state index contributed by atoms with van der Waals surface area (Å²) in [6.07, 6.45) is 0. The number of amides is 2. The molecule has 0 aromatic heterocycles. The number of likely N-dealkylation sites (tertiary alicyclic amines) is 1. The minimum absolute atomic E-state index is 0.0685. The standard InChI is InChI=1S/C13H17FN2O2/c1-9(8-17)15-13(18)16-6-11(7-16)10-2-4-12(14)5-3-10/h2-5,9,11,17H,6-8H2,1H3,(H,15,18)/t9-/m0/s1. The van der Waals surface area contributed by atoms with E-state index in [0.717, 1.165) is 5.56 Å². The number of carbonyl (C=O) groups is 1. The van der Waals surface area contributed by atoms with E-state index < -0.39 is 0 Å². The molecule has 0 radical (unpaired) electrons. The van der Waals surface area contributed by atoms with Crippen LogP contribution in [0.5, 0.6) is 0 Å². The van der Waals surface area contributed by atoms with Crippen molar-refractivity contribution in [1.29, 1.82) is 0 Å².